The fourth-order valence-corrected chi connectivity index (χ4v) is 6.24. The van der Waals surface area contributed by atoms with Gasteiger partial charge in [-0.25, -0.2) is 12.7 Å². The van der Waals surface area contributed by atoms with Gasteiger partial charge in [0, 0.05) is 29.6 Å². The number of allylic oxidation sites excluding steroid dienone is 2. The first-order chi connectivity index (χ1) is 15.6. The van der Waals surface area contributed by atoms with Crippen molar-refractivity contribution in [2.45, 2.75) is 44.6 Å². The molecule has 1 heterocycles. The highest BCUT2D eigenvalue weighted by Gasteiger charge is 2.43. The molecule has 7 heteroatoms. The monoisotopic (exact) mass is 462 g/mol. The van der Waals surface area contributed by atoms with Crippen LogP contribution in [-0.4, -0.2) is 44.0 Å². The Hall–Kier alpha value is -2.95. The van der Waals surface area contributed by atoms with Crippen molar-refractivity contribution in [3.63, 3.8) is 0 Å². The topological polar surface area (TPSA) is 87.5 Å². The summed E-state index contributed by atoms with van der Waals surface area (Å²) < 4.78 is 31.2. The van der Waals surface area contributed by atoms with E-state index in [0.717, 1.165) is 27.8 Å². The number of hydrogen-bond acceptors (Lipinski definition) is 5. The van der Waals surface area contributed by atoms with E-state index < -0.39 is 10.0 Å². The highest BCUT2D eigenvalue weighted by atomic mass is 32.2. The van der Waals surface area contributed by atoms with Crippen LogP contribution in [0.1, 0.15) is 59.3 Å². The summed E-state index contributed by atoms with van der Waals surface area (Å²) in [6, 6.07) is 13.4. The molecule has 2 aliphatic carbocycles. The molecule has 2 aromatic rings. The number of sulfonamides is 1. The highest BCUT2D eigenvalue weighted by molar-refractivity contribution is 7.88. The highest BCUT2D eigenvalue weighted by Crippen LogP contribution is 2.50. The second kappa shape index (κ2) is 7.54. The maximum absolute atomic E-state index is 13.5. The predicted molar refractivity (Wildman–Crippen MR) is 126 cm³/mol. The quantitative estimate of drug-likeness (QED) is 0.692. The molecule has 5 rings (SSSR count). The Kier molecular flexibility index (Phi) is 5.00. The first-order valence-electron chi connectivity index (χ1n) is 11.2. The van der Waals surface area contributed by atoms with Crippen molar-refractivity contribution in [1.82, 2.24) is 4.31 Å². The number of carbonyl (C=O) groups is 1. The molecule has 170 valence electrons. The van der Waals surface area contributed by atoms with E-state index in [9.17, 15) is 18.5 Å². The molecule has 1 saturated heterocycles. The molecular formula is C26H26N2O4S. The lowest BCUT2D eigenvalue weighted by Gasteiger charge is -2.35. The van der Waals surface area contributed by atoms with Gasteiger partial charge in [-0.15, -0.1) is 0 Å². The minimum atomic E-state index is -3.17. The lowest BCUT2D eigenvalue weighted by Crippen LogP contribution is -2.41. The summed E-state index contributed by atoms with van der Waals surface area (Å²) in [6.45, 7) is 5.19. The van der Waals surface area contributed by atoms with Gasteiger partial charge in [-0.1, -0.05) is 19.9 Å². The van der Waals surface area contributed by atoms with E-state index in [2.05, 4.69) is 19.9 Å². The van der Waals surface area contributed by atoms with Crippen LogP contribution in [0.4, 0.5) is 0 Å². The van der Waals surface area contributed by atoms with Crippen LogP contribution in [0.5, 0.6) is 5.75 Å². The number of nitriles is 1. The molecular weight excluding hydrogens is 436 g/mol. The summed E-state index contributed by atoms with van der Waals surface area (Å²) in [5.41, 5.74) is 5.71. The average Bonchev–Trinajstić information content (AvgIpc) is 3.17. The molecule has 1 aliphatic heterocycles. The molecule has 0 atom stereocenters. The van der Waals surface area contributed by atoms with E-state index >= 15 is 0 Å². The zero-order chi connectivity index (χ0) is 23.5. The molecule has 0 aromatic heterocycles. The standard InChI is InChI=1S/C26H26N2O4S/c1-26(2)22-14-19(32-18-8-10-28(11-9-18)33(3,30)31)5-7-21(22)25(29)24-20-6-4-16(15-27)12-17(20)13-23(24)26/h4-7,12,14,18H,8-11,13H2,1-3H3. The average molecular weight is 463 g/mol. The number of rotatable bonds is 3. The zero-order valence-corrected chi connectivity index (χ0v) is 19.8. The van der Waals surface area contributed by atoms with E-state index in [1.54, 1.807) is 6.07 Å². The number of ketones is 1. The van der Waals surface area contributed by atoms with Gasteiger partial charge in [-0.3, -0.25) is 4.79 Å². The van der Waals surface area contributed by atoms with Gasteiger partial charge in [0.05, 0.1) is 17.9 Å². The van der Waals surface area contributed by atoms with E-state index in [1.807, 2.05) is 30.3 Å². The van der Waals surface area contributed by atoms with E-state index in [0.29, 0.717) is 49.2 Å². The van der Waals surface area contributed by atoms with Crippen LogP contribution in [0.2, 0.25) is 0 Å². The molecule has 33 heavy (non-hydrogen) atoms. The van der Waals surface area contributed by atoms with Crippen molar-refractivity contribution in [3.05, 3.63) is 69.8 Å². The number of carbonyl (C=O) groups excluding carboxylic acids is 1. The number of nitrogens with zero attached hydrogens (tertiary/aromatic N) is 2. The maximum atomic E-state index is 13.5. The van der Waals surface area contributed by atoms with Gasteiger partial charge in [0.1, 0.15) is 11.9 Å². The second-order valence-corrected chi connectivity index (χ2v) is 11.6. The Balaban J connectivity index is 1.43. The summed E-state index contributed by atoms with van der Waals surface area (Å²) in [5.74, 6) is 0.731. The number of benzene rings is 2. The first-order valence-corrected chi connectivity index (χ1v) is 13.0. The fourth-order valence-electron chi connectivity index (χ4n) is 5.37. The van der Waals surface area contributed by atoms with Crippen molar-refractivity contribution in [1.29, 1.82) is 5.26 Å². The Labute approximate surface area is 194 Å². The molecule has 6 nitrogen and oxygen atoms in total. The minimum absolute atomic E-state index is 0.0239. The third kappa shape index (κ3) is 3.58. The smallest absolute Gasteiger partial charge is 0.211 e. The fraction of sp³-hybridized carbons (Fsp3) is 0.385. The second-order valence-electron chi connectivity index (χ2n) is 9.65. The molecule has 0 N–H and O–H groups in total. The molecule has 0 spiro atoms. The summed E-state index contributed by atoms with van der Waals surface area (Å²) in [6.07, 6.45) is 3.12. The van der Waals surface area contributed by atoms with Crippen molar-refractivity contribution >= 4 is 21.4 Å². The van der Waals surface area contributed by atoms with Crippen LogP contribution >= 0.6 is 0 Å². The van der Waals surface area contributed by atoms with E-state index in [1.165, 1.54) is 10.6 Å². The molecule has 0 unspecified atom stereocenters. The van der Waals surface area contributed by atoms with Crippen LogP contribution in [-0.2, 0) is 21.9 Å². The van der Waals surface area contributed by atoms with Crippen LogP contribution in [0, 0.1) is 11.3 Å². The lowest BCUT2D eigenvalue weighted by molar-refractivity contribution is 0.105. The number of piperidine rings is 1. The Morgan fingerprint density at radius 1 is 1.09 bits per heavy atom. The van der Waals surface area contributed by atoms with Crippen LogP contribution in [0.25, 0.3) is 5.57 Å². The van der Waals surface area contributed by atoms with Gasteiger partial charge in [-0.05, 0) is 71.9 Å². The van der Waals surface area contributed by atoms with E-state index in [-0.39, 0.29) is 17.3 Å². The van der Waals surface area contributed by atoms with Crippen LogP contribution < -0.4 is 4.74 Å². The van der Waals surface area contributed by atoms with Gasteiger partial charge in [0.15, 0.2) is 5.78 Å². The normalized spacial score (nSPS) is 20.1. The number of fused-ring (bicyclic) bond motifs is 3. The maximum Gasteiger partial charge on any atom is 0.211 e. The summed E-state index contributed by atoms with van der Waals surface area (Å²) in [5, 5.41) is 9.27. The summed E-state index contributed by atoms with van der Waals surface area (Å²) in [7, 11) is -3.17. The molecule has 3 aliphatic rings. The summed E-state index contributed by atoms with van der Waals surface area (Å²) in [4.78, 5) is 13.5. The minimum Gasteiger partial charge on any atom is -0.490 e. The largest absolute Gasteiger partial charge is 0.490 e. The number of hydrogen-bond donors (Lipinski definition) is 0. The van der Waals surface area contributed by atoms with Crippen molar-refractivity contribution in [2.24, 2.45) is 0 Å². The predicted octanol–water partition coefficient (Wildman–Crippen LogP) is 3.84. The van der Waals surface area contributed by atoms with E-state index in [4.69, 9.17) is 4.74 Å². The third-order valence-corrected chi connectivity index (χ3v) is 8.54. The van der Waals surface area contributed by atoms with Crippen LogP contribution in [0.15, 0.2) is 42.0 Å². The van der Waals surface area contributed by atoms with Gasteiger partial charge in [-0.2, -0.15) is 5.26 Å². The molecule has 0 amide bonds. The van der Waals surface area contributed by atoms with Gasteiger partial charge < -0.3 is 4.74 Å². The molecule has 0 radical (unpaired) electrons. The third-order valence-electron chi connectivity index (χ3n) is 7.24. The first kappa shape index (κ1) is 21.9. The lowest BCUT2D eigenvalue weighted by atomic mass is 9.68. The Bertz CT molecular complexity index is 1360. The Morgan fingerprint density at radius 2 is 1.79 bits per heavy atom. The number of ether oxygens (including phenoxy) is 1. The van der Waals surface area contributed by atoms with Gasteiger partial charge >= 0.3 is 0 Å². The molecule has 1 fully saturated rings. The van der Waals surface area contributed by atoms with Gasteiger partial charge in [0.2, 0.25) is 10.0 Å². The van der Waals surface area contributed by atoms with Crippen molar-refractivity contribution in [3.8, 4) is 11.8 Å². The van der Waals surface area contributed by atoms with Crippen molar-refractivity contribution < 1.29 is 17.9 Å². The summed E-state index contributed by atoms with van der Waals surface area (Å²) >= 11 is 0. The van der Waals surface area contributed by atoms with Gasteiger partial charge in [0.25, 0.3) is 0 Å². The van der Waals surface area contributed by atoms with Crippen molar-refractivity contribution in [2.75, 3.05) is 19.3 Å². The molecule has 0 saturated carbocycles. The zero-order valence-electron chi connectivity index (χ0n) is 19.0. The molecule has 0 bridgehead atoms. The van der Waals surface area contributed by atoms with Crippen LogP contribution in [0.3, 0.4) is 0 Å². The SMILES string of the molecule is CC1(C)C2=C(C(=O)c3ccc(OC4CCN(S(C)(=O)=O)CC4)cc31)c1ccc(C#N)cc1C2. The number of Topliss-reactive ketones (excluding diaryl/α,β-unsaturated/α-hetero) is 1. The Morgan fingerprint density at radius 3 is 2.45 bits per heavy atom. The molecule has 2 aromatic carbocycles.